The Kier molecular flexibility index (Phi) is 5.90. The number of hydrogen-bond donors (Lipinski definition) is 1. The predicted octanol–water partition coefficient (Wildman–Crippen LogP) is 3.21. The van der Waals surface area contributed by atoms with E-state index in [2.05, 4.69) is 10.00 Å². The Morgan fingerprint density at radius 1 is 1.03 bits per heavy atom. The van der Waals surface area contributed by atoms with Crippen molar-refractivity contribution < 1.29 is 4.74 Å². The number of imidazole rings is 1. The van der Waals surface area contributed by atoms with Crippen molar-refractivity contribution in [2.45, 2.75) is 13.8 Å². The number of fused-ring (bicyclic) bond motifs is 1. The van der Waals surface area contributed by atoms with Crippen molar-refractivity contribution in [2.75, 3.05) is 31.2 Å². The fourth-order valence-corrected chi connectivity index (χ4v) is 4.61. The van der Waals surface area contributed by atoms with Gasteiger partial charge in [0.15, 0.2) is 0 Å². The minimum absolute atomic E-state index is 0.102. The molecule has 0 aliphatic carbocycles. The molecule has 0 atom stereocenters. The first-order valence-electron chi connectivity index (χ1n) is 11.4. The lowest BCUT2D eigenvalue weighted by molar-refractivity contribution is 0.123. The molecule has 0 amide bonds. The summed E-state index contributed by atoms with van der Waals surface area (Å²) in [4.78, 5) is 32.7. The van der Waals surface area contributed by atoms with E-state index in [-0.39, 0.29) is 11.2 Å². The highest BCUT2D eigenvalue weighted by molar-refractivity contribution is 6.31. The van der Waals surface area contributed by atoms with Crippen molar-refractivity contribution in [3.8, 4) is 5.69 Å². The number of rotatable bonds is 4. The number of aryl methyl sites for hydroxylation is 4. The Bertz CT molecular complexity index is 1580. The van der Waals surface area contributed by atoms with E-state index in [0.29, 0.717) is 40.9 Å². The molecular formula is C25H27ClN6O3. The Morgan fingerprint density at radius 3 is 2.40 bits per heavy atom. The van der Waals surface area contributed by atoms with Gasteiger partial charge in [0.1, 0.15) is 0 Å². The van der Waals surface area contributed by atoms with Gasteiger partial charge in [-0.3, -0.25) is 24.0 Å². The lowest BCUT2D eigenvalue weighted by Gasteiger charge is -2.30. The molecule has 1 saturated heterocycles. The van der Waals surface area contributed by atoms with Crippen LogP contribution < -0.4 is 16.1 Å². The second kappa shape index (κ2) is 8.90. The van der Waals surface area contributed by atoms with Crippen LogP contribution in [0.5, 0.6) is 0 Å². The molecule has 2 aromatic heterocycles. The highest BCUT2D eigenvalue weighted by Crippen LogP contribution is 2.33. The van der Waals surface area contributed by atoms with Crippen molar-refractivity contribution in [3.05, 3.63) is 73.0 Å². The second-order valence-corrected chi connectivity index (χ2v) is 9.22. The van der Waals surface area contributed by atoms with E-state index in [1.54, 1.807) is 35.5 Å². The number of ether oxygens (including phenoxy) is 1. The van der Waals surface area contributed by atoms with Gasteiger partial charge in [-0.05, 0) is 43.7 Å². The number of aromatic nitrogens is 4. The number of aromatic amines is 1. The van der Waals surface area contributed by atoms with Crippen LogP contribution in [0.2, 0.25) is 5.02 Å². The van der Waals surface area contributed by atoms with Gasteiger partial charge in [-0.1, -0.05) is 17.7 Å². The topological polar surface area (TPSA) is 89.5 Å². The van der Waals surface area contributed by atoms with Crippen LogP contribution in [-0.4, -0.2) is 51.4 Å². The monoisotopic (exact) mass is 494 g/mol. The largest absolute Gasteiger partial charge is 0.378 e. The summed E-state index contributed by atoms with van der Waals surface area (Å²) in [5.41, 5.74) is 5.62. The molecule has 0 bridgehead atoms. The van der Waals surface area contributed by atoms with Crippen LogP contribution in [0.4, 0.5) is 11.4 Å². The summed E-state index contributed by atoms with van der Waals surface area (Å²) in [6.07, 6.45) is 1.59. The normalized spacial score (nSPS) is 14.5. The van der Waals surface area contributed by atoms with E-state index >= 15 is 0 Å². The molecule has 35 heavy (non-hydrogen) atoms. The number of nitrogens with zero attached hydrogens (tertiary/aromatic N) is 5. The quantitative estimate of drug-likeness (QED) is 0.441. The number of H-pyrrole nitrogens is 1. The van der Waals surface area contributed by atoms with Crippen LogP contribution in [-0.2, 0) is 18.8 Å². The number of halogens is 1. The van der Waals surface area contributed by atoms with E-state index < -0.39 is 0 Å². The zero-order chi connectivity index (χ0) is 24.9. The average Bonchev–Trinajstić information content (AvgIpc) is 3.26. The molecule has 5 rings (SSSR count). The molecule has 0 unspecified atom stereocenters. The molecule has 4 aromatic rings. The van der Waals surface area contributed by atoms with Crippen LogP contribution in [0.3, 0.4) is 0 Å². The smallest absolute Gasteiger partial charge is 0.328 e. The molecule has 0 spiro atoms. The number of anilines is 1. The number of hydrogen-bond acceptors (Lipinski definition) is 5. The summed E-state index contributed by atoms with van der Waals surface area (Å²) in [6, 6.07) is 9.38. The van der Waals surface area contributed by atoms with Gasteiger partial charge in [-0.2, -0.15) is 0 Å². The van der Waals surface area contributed by atoms with Gasteiger partial charge >= 0.3 is 5.69 Å². The first kappa shape index (κ1) is 23.2. The van der Waals surface area contributed by atoms with E-state index in [4.69, 9.17) is 21.3 Å². The third-order valence-corrected chi connectivity index (χ3v) is 6.99. The van der Waals surface area contributed by atoms with Crippen LogP contribution in [0, 0.1) is 13.8 Å². The molecule has 9 nitrogen and oxygen atoms in total. The Labute approximate surface area is 206 Å². The Balaban J connectivity index is 1.61. The van der Waals surface area contributed by atoms with Gasteiger partial charge in [-0.25, -0.2) is 9.48 Å². The van der Waals surface area contributed by atoms with Crippen molar-refractivity contribution in [3.63, 3.8) is 0 Å². The van der Waals surface area contributed by atoms with Crippen molar-refractivity contribution >= 4 is 40.2 Å². The van der Waals surface area contributed by atoms with E-state index in [1.807, 2.05) is 38.1 Å². The number of aliphatic imine (C=N–C) groups is 1. The Morgan fingerprint density at radius 2 is 1.71 bits per heavy atom. The second-order valence-electron chi connectivity index (χ2n) is 8.81. The lowest BCUT2D eigenvalue weighted by atomic mass is 10.2. The molecule has 1 aliphatic rings. The molecule has 1 aliphatic heterocycles. The molecule has 182 valence electrons. The minimum Gasteiger partial charge on any atom is -0.378 e. The molecule has 2 aromatic carbocycles. The maximum atomic E-state index is 13.2. The van der Waals surface area contributed by atoms with Crippen LogP contribution >= 0.6 is 11.6 Å². The van der Waals surface area contributed by atoms with Crippen LogP contribution in [0.1, 0.15) is 16.8 Å². The standard InChI is InChI=1S/C25H27ClN6O3/c1-15-5-6-17(11-19(15)26)32-24(33)18(16(2)28-32)14-27-20-12-22-23(30(4)25(34)29(22)3)13-21(20)31-7-9-35-10-8-31/h5-6,11-14,28H,7-10H2,1-4H3. The molecule has 3 heterocycles. The number of benzene rings is 2. The zero-order valence-electron chi connectivity index (χ0n) is 20.1. The van der Waals surface area contributed by atoms with E-state index in [1.165, 1.54) is 4.68 Å². The summed E-state index contributed by atoms with van der Waals surface area (Å²) >= 11 is 6.27. The van der Waals surface area contributed by atoms with Crippen molar-refractivity contribution in [1.29, 1.82) is 0 Å². The van der Waals surface area contributed by atoms with E-state index in [0.717, 1.165) is 35.4 Å². The first-order chi connectivity index (χ1) is 16.8. The van der Waals surface area contributed by atoms with Gasteiger partial charge in [0.05, 0.1) is 46.9 Å². The van der Waals surface area contributed by atoms with E-state index in [9.17, 15) is 9.59 Å². The minimum atomic E-state index is -0.215. The van der Waals surface area contributed by atoms with Gasteiger partial charge in [-0.15, -0.1) is 0 Å². The zero-order valence-corrected chi connectivity index (χ0v) is 20.9. The van der Waals surface area contributed by atoms with Gasteiger partial charge < -0.3 is 9.64 Å². The summed E-state index contributed by atoms with van der Waals surface area (Å²) < 4.78 is 10.2. The average molecular weight is 495 g/mol. The maximum Gasteiger partial charge on any atom is 0.328 e. The number of nitrogens with one attached hydrogen (secondary N) is 1. The first-order valence-corrected chi connectivity index (χ1v) is 11.8. The molecule has 1 fully saturated rings. The van der Waals surface area contributed by atoms with Gasteiger partial charge in [0.2, 0.25) is 0 Å². The molecule has 10 heteroatoms. The fraction of sp³-hybridized carbons (Fsp3) is 0.320. The third-order valence-electron chi connectivity index (χ3n) is 6.58. The lowest BCUT2D eigenvalue weighted by Crippen LogP contribution is -2.36. The third kappa shape index (κ3) is 4.00. The highest BCUT2D eigenvalue weighted by Gasteiger charge is 2.19. The highest BCUT2D eigenvalue weighted by atomic mass is 35.5. The van der Waals surface area contributed by atoms with Crippen LogP contribution in [0.25, 0.3) is 16.7 Å². The van der Waals surface area contributed by atoms with Crippen LogP contribution in [0.15, 0.2) is 44.9 Å². The molecular weight excluding hydrogens is 468 g/mol. The summed E-state index contributed by atoms with van der Waals surface area (Å²) in [7, 11) is 3.51. The maximum absolute atomic E-state index is 13.2. The van der Waals surface area contributed by atoms with Crippen molar-refractivity contribution in [1.82, 2.24) is 18.9 Å². The SMILES string of the molecule is Cc1ccc(-n2[nH]c(C)c(C=Nc3cc4c(cc3N3CCOCC3)n(C)c(=O)n4C)c2=O)cc1Cl. The molecule has 0 radical (unpaired) electrons. The van der Waals surface area contributed by atoms with Gasteiger partial charge in [0, 0.05) is 44.1 Å². The fourth-order valence-electron chi connectivity index (χ4n) is 4.43. The molecule has 1 N–H and O–H groups in total. The number of morpholine rings is 1. The van der Waals surface area contributed by atoms with Crippen molar-refractivity contribution in [2.24, 2.45) is 19.1 Å². The summed E-state index contributed by atoms with van der Waals surface area (Å²) in [6.45, 7) is 6.43. The summed E-state index contributed by atoms with van der Waals surface area (Å²) in [5, 5.41) is 3.71. The molecule has 0 saturated carbocycles. The van der Waals surface area contributed by atoms with Gasteiger partial charge in [0.25, 0.3) is 5.56 Å². The Hall–Kier alpha value is -3.56. The summed E-state index contributed by atoms with van der Waals surface area (Å²) in [5.74, 6) is 0. The predicted molar refractivity (Wildman–Crippen MR) is 139 cm³/mol.